The number of thiol groups is 2. The van der Waals surface area contributed by atoms with Crippen LogP contribution in [0.1, 0.15) is 5.56 Å². The maximum absolute atomic E-state index is 4.35. The van der Waals surface area contributed by atoms with Crippen LogP contribution in [-0.4, -0.2) is 6.26 Å². The molecule has 0 N–H and O–H groups in total. The number of hydrogen-bond donors (Lipinski definition) is 2. The average molecular weight is 202 g/mol. The van der Waals surface area contributed by atoms with Gasteiger partial charge in [0.25, 0.3) is 0 Å². The summed E-state index contributed by atoms with van der Waals surface area (Å²) in [6.45, 7) is 0. The van der Waals surface area contributed by atoms with E-state index in [1.54, 1.807) is 11.8 Å². The van der Waals surface area contributed by atoms with E-state index in [1.165, 1.54) is 10.5 Å². The molecule has 0 saturated heterocycles. The van der Waals surface area contributed by atoms with Crippen molar-refractivity contribution in [3.8, 4) is 0 Å². The van der Waals surface area contributed by atoms with Gasteiger partial charge in [-0.2, -0.15) is 12.6 Å². The minimum absolute atomic E-state index is 0.782. The van der Waals surface area contributed by atoms with Gasteiger partial charge in [-0.05, 0) is 17.9 Å². The lowest BCUT2D eigenvalue weighted by atomic mass is 10.2. The molecule has 0 unspecified atom stereocenters. The summed E-state index contributed by atoms with van der Waals surface area (Å²) in [5, 5.41) is 0. The van der Waals surface area contributed by atoms with Crippen LogP contribution in [0.3, 0.4) is 0 Å². The maximum Gasteiger partial charge on any atom is 0.0243 e. The van der Waals surface area contributed by atoms with Gasteiger partial charge in [-0.3, -0.25) is 0 Å². The molecule has 0 atom stereocenters. The number of rotatable bonds is 2. The average Bonchev–Trinajstić information content (AvgIpc) is 2.04. The zero-order valence-corrected chi connectivity index (χ0v) is 8.85. The second-order valence-corrected chi connectivity index (χ2v) is 3.74. The Bertz CT molecular complexity index is 245. The maximum atomic E-state index is 4.35. The van der Waals surface area contributed by atoms with E-state index < -0.39 is 0 Å². The normalized spacial score (nSPS) is 10.1. The number of hydrogen-bond acceptors (Lipinski definition) is 3. The fourth-order valence-electron chi connectivity index (χ4n) is 0.931. The van der Waals surface area contributed by atoms with Crippen molar-refractivity contribution in [1.29, 1.82) is 0 Å². The van der Waals surface area contributed by atoms with Gasteiger partial charge in [0.2, 0.25) is 0 Å². The van der Waals surface area contributed by atoms with E-state index >= 15 is 0 Å². The van der Waals surface area contributed by atoms with E-state index in [9.17, 15) is 0 Å². The van der Waals surface area contributed by atoms with Gasteiger partial charge in [-0.15, -0.1) is 24.4 Å². The topological polar surface area (TPSA) is 0 Å². The fraction of sp³-hybridized carbons (Fsp3) is 0.250. The van der Waals surface area contributed by atoms with Gasteiger partial charge in [0, 0.05) is 15.5 Å². The summed E-state index contributed by atoms with van der Waals surface area (Å²) in [6.07, 6.45) is 2.06. The highest BCUT2D eigenvalue weighted by molar-refractivity contribution is 7.99. The third-order valence-corrected chi connectivity index (χ3v) is 3.21. The third kappa shape index (κ3) is 2.10. The van der Waals surface area contributed by atoms with Crippen molar-refractivity contribution in [2.24, 2.45) is 0 Å². The predicted octanol–water partition coefficient (Wildman–Crippen LogP) is 3.13. The zero-order valence-electron chi connectivity index (χ0n) is 6.24. The van der Waals surface area contributed by atoms with Crippen molar-refractivity contribution in [2.45, 2.75) is 15.5 Å². The first-order valence-electron chi connectivity index (χ1n) is 3.25. The van der Waals surface area contributed by atoms with Gasteiger partial charge in [0.1, 0.15) is 0 Å². The molecule has 0 saturated carbocycles. The Morgan fingerprint density at radius 1 is 1.45 bits per heavy atom. The SMILES string of the molecule is CSc1c(S)cccc1CS. The largest absolute Gasteiger partial charge is 0.175 e. The van der Waals surface area contributed by atoms with Crippen LogP contribution in [0.5, 0.6) is 0 Å². The highest BCUT2D eigenvalue weighted by atomic mass is 32.2. The molecule has 0 nitrogen and oxygen atoms in total. The van der Waals surface area contributed by atoms with Crippen LogP contribution in [0.15, 0.2) is 28.0 Å². The molecule has 0 bridgehead atoms. The minimum Gasteiger partial charge on any atom is -0.175 e. The molecule has 0 spiro atoms. The van der Waals surface area contributed by atoms with Crippen LogP contribution in [0, 0.1) is 0 Å². The lowest BCUT2D eigenvalue weighted by Crippen LogP contribution is -1.83. The number of benzene rings is 1. The minimum atomic E-state index is 0.782. The molecule has 60 valence electrons. The van der Waals surface area contributed by atoms with Crippen LogP contribution in [0.2, 0.25) is 0 Å². The Kier molecular flexibility index (Phi) is 3.69. The molecule has 1 rings (SSSR count). The summed E-state index contributed by atoms with van der Waals surface area (Å²) in [5.74, 6) is 0.782. The summed E-state index contributed by atoms with van der Waals surface area (Å²) in [5.41, 5.74) is 1.26. The first-order chi connectivity index (χ1) is 5.29. The van der Waals surface area contributed by atoms with E-state index in [4.69, 9.17) is 0 Å². The quantitative estimate of drug-likeness (QED) is 0.549. The van der Waals surface area contributed by atoms with Gasteiger partial charge >= 0.3 is 0 Å². The Hall–Kier alpha value is 0.270. The van der Waals surface area contributed by atoms with E-state index in [1.807, 2.05) is 12.1 Å². The van der Waals surface area contributed by atoms with E-state index in [0.29, 0.717) is 0 Å². The molecule has 0 aliphatic heterocycles. The van der Waals surface area contributed by atoms with Gasteiger partial charge < -0.3 is 0 Å². The molecule has 0 radical (unpaired) electrons. The molecule has 3 heteroatoms. The lowest BCUT2D eigenvalue weighted by Gasteiger charge is -2.05. The van der Waals surface area contributed by atoms with Crippen LogP contribution in [0.25, 0.3) is 0 Å². The van der Waals surface area contributed by atoms with E-state index in [0.717, 1.165) is 10.6 Å². The van der Waals surface area contributed by atoms with E-state index in [2.05, 4.69) is 37.6 Å². The third-order valence-electron chi connectivity index (χ3n) is 1.45. The Balaban J connectivity index is 3.13. The molecule has 0 aliphatic carbocycles. The molecule has 0 amide bonds. The first kappa shape index (κ1) is 9.36. The second-order valence-electron chi connectivity index (χ2n) is 2.13. The van der Waals surface area contributed by atoms with Gasteiger partial charge in [-0.25, -0.2) is 0 Å². The Labute approximate surface area is 82.6 Å². The van der Waals surface area contributed by atoms with Crippen LogP contribution in [0.4, 0.5) is 0 Å². The fourth-order valence-corrected chi connectivity index (χ4v) is 2.49. The van der Waals surface area contributed by atoms with E-state index in [-0.39, 0.29) is 0 Å². The molecule has 11 heavy (non-hydrogen) atoms. The monoisotopic (exact) mass is 202 g/mol. The van der Waals surface area contributed by atoms with Crippen molar-refractivity contribution < 1.29 is 0 Å². The van der Waals surface area contributed by atoms with Crippen LogP contribution < -0.4 is 0 Å². The standard InChI is InChI=1S/C8H10S3/c1-11-8-6(5-9)3-2-4-7(8)10/h2-4,9-10H,5H2,1H3. The van der Waals surface area contributed by atoms with Crippen molar-refractivity contribution in [3.63, 3.8) is 0 Å². The summed E-state index contributed by atoms with van der Waals surface area (Å²) < 4.78 is 0. The molecule has 1 aromatic rings. The van der Waals surface area contributed by atoms with Crippen molar-refractivity contribution in [3.05, 3.63) is 23.8 Å². The summed E-state index contributed by atoms with van der Waals surface area (Å²) >= 11 is 10.3. The molecular formula is C8H10S3. The molecule has 0 heterocycles. The molecule has 0 aliphatic rings. The Morgan fingerprint density at radius 3 is 2.64 bits per heavy atom. The Morgan fingerprint density at radius 2 is 2.18 bits per heavy atom. The predicted molar refractivity (Wildman–Crippen MR) is 58.2 cm³/mol. The zero-order chi connectivity index (χ0) is 8.27. The van der Waals surface area contributed by atoms with Crippen molar-refractivity contribution >= 4 is 37.0 Å². The summed E-state index contributed by atoms with van der Waals surface area (Å²) in [4.78, 5) is 2.29. The smallest absolute Gasteiger partial charge is 0.0243 e. The van der Waals surface area contributed by atoms with Crippen molar-refractivity contribution in [1.82, 2.24) is 0 Å². The highest BCUT2D eigenvalue weighted by Gasteiger charge is 2.01. The molecule has 0 aromatic heterocycles. The van der Waals surface area contributed by atoms with Crippen LogP contribution >= 0.6 is 37.0 Å². The number of thioether (sulfide) groups is 1. The lowest BCUT2D eigenvalue weighted by molar-refractivity contribution is 1.16. The van der Waals surface area contributed by atoms with Gasteiger partial charge in [0.15, 0.2) is 0 Å². The van der Waals surface area contributed by atoms with Gasteiger partial charge in [-0.1, -0.05) is 12.1 Å². The molecule has 1 aromatic carbocycles. The summed E-state index contributed by atoms with van der Waals surface area (Å²) in [6, 6.07) is 6.09. The molecule has 0 fully saturated rings. The van der Waals surface area contributed by atoms with Gasteiger partial charge in [0.05, 0.1) is 0 Å². The highest BCUT2D eigenvalue weighted by Crippen LogP contribution is 2.28. The van der Waals surface area contributed by atoms with Crippen molar-refractivity contribution in [2.75, 3.05) is 6.26 Å². The first-order valence-corrected chi connectivity index (χ1v) is 5.55. The van der Waals surface area contributed by atoms with Crippen LogP contribution in [-0.2, 0) is 5.75 Å². The summed E-state index contributed by atoms with van der Waals surface area (Å²) in [7, 11) is 0. The second kappa shape index (κ2) is 4.33. The molecular weight excluding hydrogens is 192 g/mol.